The van der Waals surface area contributed by atoms with E-state index in [0.29, 0.717) is 16.4 Å². The maximum Gasteiger partial charge on any atom is 0.258 e. The zero-order valence-corrected chi connectivity index (χ0v) is 13.6. The third-order valence-electron chi connectivity index (χ3n) is 3.45. The minimum atomic E-state index is -0.622. The molecule has 0 bridgehead atoms. The molecular weight excluding hydrogens is 330 g/mol. The summed E-state index contributed by atoms with van der Waals surface area (Å²) in [6, 6.07) is 9.56. The smallest absolute Gasteiger partial charge is 0.258 e. The van der Waals surface area contributed by atoms with Crippen molar-refractivity contribution >= 4 is 23.2 Å². The first-order chi connectivity index (χ1) is 11.4. The van der Waals surface area contributed by atoms with Gasteiger partial charge < -0.3 is 10.5 Å². The van der Waals surface area contributed by atoms with Gasteiger partial charge in [-0.25, -0.2) is 4.98 Å². The lowest BCUT2D eigenvalue weighted by atomic mass is 10.2. The molecule has 2 aromatic heterocycles. The molecule has 7 heteroatoms. The average molecular weight is 344 g/mol. The molecule has 0 unspecified atom stereocenters. The number of halogens is 1. The number of carbonyl (C=O) groups excluding carboxylic acids is 1. The summed E-state index contributed by atoms with van der Waals surface area (Å²) >= 11 is 5.92. The van der Waals surface area contributed by atoms with E-state index in [4.69, 9.17) is 22.1 Å². The van der Waals surface area contributed by atoms with Crippen molar-refractivity contribution in [3.05, 3.63) is 74.8 Å². The van der Waals surface area contributed by atoms with Gasteiger partial charge in [0.2, 0.25) is 0 Å². The highest BCUT2D eigenvalue weighted by Gasteiger charge is 2.11. The van der Waals surface area contributed by atoms with Crippen LogP contribution in [0.2, 0.25) is 5.02 Å². The van der Waals surface area contributed by atoms with E-state index in [9.17, 15) is 9.59 Å². The number of nitrogens with zero attached hydrogens (tertiary/aromatic N) is 2. The monoisotopic (exact) mass is 343 g/mol. The minimum absolute atomic E-state index is 0.0141. The number of fused-ring (bicyclic) bond motifs is 1. The van der Waals surface area contributed by atoms with Crippen LogP contribution in [0, 0.1) is 6.92 Å². The van der Waals surface area contributed by atoms with Crippen molar-refractivity contribution in [3.8, 4) is 5.75 Å². The zero-order valence-electron chi connectivity index (χ0n) is 12.8. The highest BCUT2D eigenvalue weighted by atomic mass is 35.5. The number of hydrogen-bond donors (Lipinski definition) is 1. The molecule has 122 valence electrons. The van der Waals surface area contributed by atoms with Crippen molar-refractivity contribution in [3.63, 3.8) is 0 Å². The van der Waals surface area contributed by atoms with E-state index in [2.05, 4.69) is 4.98 Å². The molecule has 2 N–H and O–H groups in total. The number of carbonyl (C=O) groups is 1. The molecule has 0 saturated carbocycles. The first kappa shape index (κ1) is 16.0. The second-order valence-corrected chi connectivity index (χ2v) is 5.75. The van der Waals surface area contributed by atoms with Crippen LogP contribution in [0.4, 0.5) is 0 Å². The van der Waals surface area contributed by atoms with Crippen LogP contribution in [-0.4, -0.2) is 15.3 Å². The van der Waals surface area contributed by atoms with Crippen LogP contribution < -0.4 is 16.0 Å². The van der Waals surface area contributed by atoms with E-state index in [1.54, 1.807) is 18.3 Å². The third kappa shape index (κ3) is 3.23. The van der Waals surface area contributed by atoms with E-state index >= 15 is 0 Å². The number of nitrogens with two attached hydrogens (primary N) is 1. The molecule has 3 rings (SSSR count). The lowest BCUT2D eigenvalue weighted by Crippen LogP contribution is -2.17. The highest BCUT2D eigenvalue weighted by Crippen LogP contribution is 2.23. The van der Waals surface area contributed by atoms with Crippen LogP contribution in [0.5, 0.6) is 5.75 Å². The molecule has 0 aliphatic carbocycles. The first-order valence-electron chi connectivity index (χ1n) is 7.15. The van der Waals surface area contributed by atoms with E-state index in [0.717, 1.165) is 5.56 Å². The summed E-state index contributed by atoms with van der Waals surface area (Å²) in [7, 11) is 0. The van der Waals surface area contributed by atoms with Gasteiger partial charge in [0.25, 0.3) is 11.5 Å². The van der Waals surface area contributed by atoms with Crippen LogP contribution in [0.15, 0.2) is 47.4 Å². The van der Waals surface area contributed by atoms with Crippen LogP contribution in [-0.2, 0) is 6.61 Å². The summed E-state index contributed by atoms with van der Waals surface area (Å²) in [6.07, 6.45) is 1.72. The van der Waals surface area contributed by atoms with Crippen LogP contribution >= 0.6 is 11.6 Å². The van der Waals surface area contributed by atoms with Crippen molar-refractivity contribution in [2.75, 3.05) is 0 Å². The molecular formula is C17H14ClN3O3. The van der Waals surface area contributed by atoms with Gasteiger partial charge in [0, 0.05) is 17.3 Å². The topological polar surface area (TPSA) is 86.7 Å². The quantitative estimate of drug-likeness (QED) is 0.787. The molecule has 1 aromatic carbocycles. The maximum atomic E-state index is 12.2. The molecule has 3 aromatic rings. The first-order valence-corrected chi connectivity index (χ1v) is 7.53. The number of ether oxygens (including phenoxy) is 1. The summed E-state index contributed by atoms with van der Waals surface area (Å²) in [5.41, 5.74) is 7.25. The third-order valence-corrected chi connectivity index (χ3v) is 3.68. The van der Waals surface area contributed by atoms with Gasteiger partial charge in [-0.2, -0.15) is 0 Å². The Labute approximate surface area is 142 Å². The van der Waals surface area contributed by atoms with Gasteiger partial charge in [-0.3, -0.25) is 14.0 Å². The Hall–Kier alpha value is -2.86. The largest absolute Gasteiger partial charge is 0.486 e. The second-order valence-electron chi connectivity index (χ2n) is 5.31. The molecule has 0 radical (unpaired) electrons. The predicted octanol–water partition coefficient (Wildman–Crippen LogP) is 2.33. The van der Waals surface area contributed by atoms with Crippen LogP contribution in [0.3, 0.4) is 0 Å². The van der Waals surface area contributed by atoms with Crippen molar-refractivity contribution in [2.45, 2.75) is 13.5 Å². The van der Waals surface area contributed by atoms with Crippen LogP contribution in [0.1, 0.15) is 21.6 Å². The summed E-state index contributed by atoms with van der Waals surface area (Å²) in [4.78, 5) is 28.0. The van der Waals surface area contributed by atoms with Crippen LogP contribution in [0.25, 0.3) is 5.65 Å². The lowest BCUT2D eigenvalue weighted by molar-refractivity contribution is 0.0996. The molecule has 24 heavy (non-hydrogen) atoms. The summed E-state index contributed by atoms with van der Waals surface area (Å²) in [6.45, 7) is 1.91. The zero-order chi connectivity index (χ0) is 17.3. The average Bonchev–Trinajstić information content (AvgIpc) is 2.53. The van der Waals surface area contributed by atoms with E-state index < -0.39 is 5.91 Å². The summed E-state index contributed by atoms with van der Waals surface area (Å²) in [5.74, 6) is -0.371. The van der Waals surface area contributed by atoms with Crippen molar-refractivity contribution < 1.29 is 9.53 Å². The fourth-order valence-electron chi connectivity index (χ4n) is 2.30. The number of benzene rings is 1. The predicted molar refractivity (Wildman–Crippen MR) is 90.5 cm³/mol. The van der Waals surface area contributed by atoms with Crippen molar-refractivity contribution in [2.24, 2.45) is 5.73 Å². The summed E-state index contributed by atoms with van der Waals surface area (Å²) in [5, 5.41) is 0.414. The Morgan fingerprint density at radius 2 is 2.08 bits per heavy atom. The Balaban J connectivity index is 1.92. The molecule has 0 spiro atoms. The fourth-order valence-corrected chi connectivity index (χ4v) is 2.47. The number of hydrogen-bond acceptors (Lipinski definition) is 4. The number of aryl methyl sites for hydroxylation is 1. The van der Waals surface area contributed by atoms with Crippen molar-refractivity contribution in [1.82, 2.24) is 9.38 Å². The number of rotatable bonds is 4. The molecule has 0 atom stereocenters. The van der Waals surface area contributed by atoms with Gasteiger partial charge in [0.15, 0.2) is 0 Å². The fraction of sp³-hybridized carbons (Fsp3) is 0.118. The van der Waals surface area contributed by atoms with E-state index in [1.807, 2.05) is 13.0 Å². The summed E-state index contributed by atoms with van der Waals surface area (Å²) < 4.78 is 7.06. The molecule has 0 aliphatic rings. The Morgan fingerprint density at radius 3 is 2.83 bits per heavy atom. The SMILES string of the molecule is Cc1ccc2nc(COc3cc(Cl)ccc3C(N)=O)cc(=O)n2c1. The second kappa shape index (κ2) is 6.33. The molecule has 2 heterocycles. The van der Waals surface area contributed by atoms with Crippen molar-refractivity contribution in [1.29, 1.82) is 0 Å². The van der Waals surface area contributed by atoms with Gasteiger partial charge in [-0.05, 0) is 36.8 Å². The number of aromatic nitrogens is 2. The number of pyridine rings is 1. The Kier molecular flexibility index (Phi) is 4.22. The lowest BCUT2D eigenvalue weighted by Gasteiger charge is -2.10. The van der Waals surface area contributed by atoms with E-state index in [-0.39, 0.29) is 23.5 Å². The standard InChI is InChI=1S/C17H14ClN3O3/c1-10-2-5-15-20-12(7-16(22)21(15)8-10)9-24-14-6-11(18)3-4-13(14)17(19)23/h2-8H,9H2,1H3,(H2,19,23). The highest BCUT2D eigenvalue weighted by molar-refractivity contribution is 6.30. The Bertz CT molecular complexity index is 998. The number of primary amides is 1. The molecule has 0 saturated heterocycles. The van der Waals surface area contributed by atoms with Gasteiger partial charge in [-0.15, -0.1) is 0 Å². The molecule has 1 amide bonds. The molecule has 0 aliphatic heterocycles. The normalized spacial score (nSPS) is 10.8. The van der Waals surface area contributed by atoms with Gasteiger partial charge in [-0.1, -0.05) is 17.7 Å². The Morgan fingerprint density at radius 1 is 1.29 bits per heavy atom. The molecule has 6 nitrogen and oxygen atoms in total. The maximum absolute atomic E-state index is 12.2. The number of amides is 1. The van der Waals surface area contributed by atoms with E-state index in [1.165, 1.54) is 22.6 Å². The minimum Gasteiger partial charge on any atom is -0.486 e. The van der Waals surface area contributed by atoms with Gasteiger partial charge >= 0.3 is 0 Å². The van der Waals surface area contributed by atoms with Gasteiger partial charge in [0.1, 0.15) is 18.0 Å². The molecule has 0 fully saturated rings. The van der Waals surface area contributed by atoms with Gasteiger partial charge in [0.05, 0.1) is 11.3 Å².